The first-order chi connectivity index (χ1) is 27.5. The number of hydrogen-bond donors (Lipinski definition) is 4. The molecular formula is C45H61N7O5. The summed E-state index contributed by atoms with van der Waals surface area (Å²) in [5, 5.41) is 9.69. The zero-order valence-electron chi connectivity index (χ0n) is 33.6. The molecule has 0 saturated carbocycles. The highest BCUT2D eigenvalue weighted by Gasteiger charge is 2.39. The normalized spacial score (nSPS) is 16.9. The van der Waals surface area contributed by atoms with Crippen LogP contribution in [0.15, 0.2) is 91.0 Å². The van der Waals surface area contributed by atoms with Crippen molar-refractivity contribution >= 4 is 35.1 Å². The molecule has 57 heavy (non-hydrogen) atoms. The topological polar surface area (TPSA) is 171 Å². The van der Waals surface area contributed by atoms with Gasteiger partial charge < -0.3 is 27.0 Å². The SMILES string of the molecule is CC(C)C[C@@H](NC(=O)[C@H](CC(=O)[C@H](N)Cc1ccccc1)Cc1ccccc1)C(=O)C[C@H](CCCCN)C(=O)N1CCC(N2C(=O)NCN2c2ccccc2)CC1. The van der Waals surface area contributed by atoms with Gasteiger partial charge in [-0.1, -0.05) is 99.1 Å². The van der Waals surface area contributed by atoms with Gasteiger partial charge in [0.2, 0.25) is 11.8 Å². The van der Waals surface area contributed by atoms with Crippen LogP contribution in [0, 0.1) is 17.8 Å². The Kier molecular flexibility index (Phi) is 16.2. The third kappa shape index (κ3) is 12.5. The number of Topliss-reactive ketones (excluding diaryl/α,β-unsaturated/α-hetero) is 2. The average molecular weight is 780 g/mol. The van der Waals surface area contributed by atoms with Gasteiger partial charge in [0.1, 0.15) is 6.67 Å². The first kappa shape index (κ1) is 43.1. The average Bonchev–Trinajstić information content (AvgIpc) is 3.61. The minimum absolute atomic E-state index is 0.0124. The second-order valence-electron chi connectivity index (χ2n) is 16.0. The largest absolute Gasteiger partial charge is 0.346 e. The lowest BCUT2D eigenvalue weighted by Gasteiger charge is -2.40. The molecule has 2 aliphatic rings. The molecule has 2 fully saturated rings. The number of hydrazine groups is 1. The van der Waals surface area contributed by atoms with Crippen molar-refractivity contribution < 1.29 is 24.0 Å². The number of nitrogens with zero attached hydrogens (tertiary/aromatic N) is 3. The number of carbonyl (C=O) groups excluding carboxylic acids is 5. The van der Waals surface area contributed by atoms with Gasteiger partial charge in [0.05, 0.1) is 23.8 Å². The van der Waals surface area contributed by atoms with Crippen molar-refractivity contribution in [2.45, 2.75) is 96.2 Å². The number of unbranched alkanes of at least 4 members (excludes halogenated alkanes) is 1. The summed E-state index contributed by atoms with van der Waals surface area (Å²) < 4.78 is 0. The van der Waals surface area contributed by atoms with Gasteiger partial charge in [-0.2, -0.15) is 0 Å². The summed E-state index contributed by atoms with van der Waals surface area (Å²) >= 11 is 0. The number of amides is 4. The predicted molar refractivity (Wildman–Crippen MR) is 223 cm³/mol. The second-order valence-corrected chi connectivity index (χ2v) is 16.0. The van der Waals surface area contributed by atoms with E-state index in [1.165, 1.54) is 0 Å². The van der Waals surface area contributed by atoms with Crippen molar-refractivity contribution in [1.82, 2.24) is 20.5 Å². The predicted octanol–water partition coefficient (Wildman–Crippen LogP) is 5.01. The highest BCUT2D eigenvalue weighted by molar-refractivity contribution is 5.95. The number of piperidine rings is 1. The van der Waals surface area contributed by atoms with E-state index in [0.29, 0.717) is 71.2 Å². The number of urea groups is 1. The molecule has 2 aliphatic heterocycles. The molecule has 2 heterocycles. The summed E-state index contributed by atoms with van der Waals surface area (Å²) in [6, 6.07) is 27.0. The van der Waals surface area contributed by atoms with Crippen molar-refractivity contribution in [3.63, 3.8) is 0 Å². The Balaban J connectivity index is 1.26. The maximum Gasteiger partial charge on any atom is 0.337 e. The number of rotatable bonds is 21. The van der Waals surface area contributed by atoms with E-state index in [1.807, 2.05) is 115 Å². The summed E-state index contributed by atoms with van der Waals surface area (Å²) in [4.78, 5) is 70.8. The van der Waals surface area contributed by atoms with Gasteiger partial charge in [-0.3, -0.25) is 24.2 Å². The molecule has 12 nitrogen and oxygen atoms in total. The molecule has 12 heteroatoms. The van der Waals surface area contributed by atoms with Crippen LogP contribution < -0.4 is 27.1 Å². The van der Waals surface area contributed by atoms with E-state index in [-0.39, 0.29) is 54.2 Å². The summed E-state index contributed by atoms with van der Waals surface area (Å²) in [6.45, 7) is 5.78. The minimum Gasteiger partial charge on any atom is -0.346 e. The van der Waals surface area contributed by atoms with Crippen LogP contribution >= 0.6 is 0 Å². The van der Waals surface area contributed by atoms with Crippen LogP contribution in [0.5, 0.6) is 0 Å². The quantitative estimate of drug-likeness (QED) is 0.109. The van der Waals surface area contributed by atoms with Crippen molar-refractivity contribution in [3.8, 4) is 0 Å². The Morgan fingerprint density at radius 3 is 1.96 bits per heavy atom. The molecule has 0 bridgehead atoms. The number of nitrogens with one attached hydrogen (secondary N) is 2. The second kappa shape index (κ2) is 21.5. The van der Waals surface area contributed by atoms with Crippen molar-refractivity contribution in [2.75, 3.05) is 31.3 Å². The lowest BCUT2D eigenvalue weighted by Crippen LogP contribution is -2.53. The van der Waals surface area contributed by atoms with E-state index in [2.05, 4.69) is 10.6 Å². The third-order valence-corrected chi connectivity index (χ3v) is 11.1. The minimum atomic E-state index is -0.822. The molecule has 3 aromatic rings. The van der Waals surface area contributed by atoms with Gasteiger partial charge >= 0.3 is 6.03 Å². The lowest BCUT2D eigenvalue weighted by atomic mass is 9.87. The first-order valence-electron chi connectivity index (χ1n) is 20.6. The standard InChI is InChI=1S/C45H61N7O5/c1-32(2)26-40(49-43(55)36(27-33-14-6-3-7-15-33)30-41(53)39(47)28-34-16-8-4-9-17-34)42(54)29-35(18-12-13-23-46)44(56)50-24-21-38(22-25-50)52-45(57)48-31-51(52)37-19-10-5-11-20-37/h3-11,14-17,19-20,32,35-36,38-40H,12-13,18,21-31,46-47H2,1-2H3,(H,48,57)(H,49,55)/t35-,36-,39+,40+/m0/s1. The fourth-order valence-electron chi connectivity index (χ4n) is 7.97. The molecule has 2 saturated heterocycles. The van der Waals surface area contributed by atoms with E-state index in [0.717, 1.165) is 23.2 Å². The smallest absolute Gasteiger partial charge is 0.337 e. The molecule has 5 rings (SSSR count). The van der Waals surface area contributed by atoms with Gasteiger partial charge in [-0.15, -0.1) is 0 Å². The fraction of sp³-hybridized carbons (Fsp3) is 0.489. The van der Waals surface area contributed by atoms with Crippen LogP contribution in [0.25, 0.3) is 0 Å². The molecule has 6 N–H and O–H groups in total. The van der Waals surface area contributed by atoms with E-state index in [4.69, 9.17) is 11.5 Å². The summed E-state index contributed by atoms with van der Waals surface area (Å²) in [5.74, 6) is -2.09. The number of nitrogens with two attached hydrogens (primary N) is 2. The maximum atomic E-state index is 14.2. The van der Waals surface area contributed by atoms with Crippen LogP contribution in [-0.4, -0.2) is 83.7 Å². The number of benzene rings is 3. The summed E-state index contributed by atoms with van der Waals surface area (Å²) in [6.07, 6.45) is 4.15. The lowest BCUT2D eigenvalue weighted by molar-refractivity contribution is -0.140. The van der Waals surface area contributed by atoms with E-state index < -0.39 is 23.9 Å². The van der Waals surface area contributed by atoms with Gasteiger partial charge in [0.15, 0.2) is 11.6 Å². The number of ketones is 2. The summed E-state index contributed by atoms with van der Waals surface area (Å²) in [7, 11) is 0. The van der Waals surface area contributed by atoms with Crippen molar-refractivity contribution in [2.24, 2.45) is 29.2 Å². The van der Waals surface area contributed by atoms with Crippen LogP contribution in [0.1, 0.15) is 76.3 Å². The molecule has 4 atom stereocenters. The zero-order valence-corrected chi connectivity index (χ0v) is 33.6. The van der Waals surface area contributed by atoms with E-state index in [9.17, 15) is 24.0 Å². The van der Waals surface area contributed by atoms with Gasteiger partial charge in [0.25, 0.3) is 0 Å². The fourth-order valence-corrected chi connectivity index (χ4v) is 7.97. The van der Waals surface area contributed by atoms with Gasteiger partial charge in [-0.25, -0.2) is 9.80 Å². The Labute approximate surface area is 337 Å². The van der Waals surface area contributed by atoms with Crippen LogP contribution in [0.4, 0.5) is 10.5 Å². The third-order valence-electron chi connectivity index (χ3n) is 11.1. The zero-order chi connectivity index (χ0) is 40.7. The maximum absolute atomic E-state index is 14.2. The molecule has 0 spiro atoms. The summed E-state index contributed by atoms with van der Waals surface area (Å²) in [5.41, 5.74) is 15.0. The molecule has 306 valence electrons. The Hall–Kier alpha value is -5.07. The van der Waals surface area contributed by atoms with E-state index in [1.54, 1.807) is 5.01 Å². The highest BCUT2D eigenvalue weighted by Crippen LogP contribution is 2.28. The van der Waals surface area contributed by atoms with E-state index >= 15 is 0 Å². The number of para-hydroxylation sites is 1. The Morgan fingerprint density at radius 2 is 1.37 bits per heavy atom. The molecule has 0 radical (unpaired) electrons. The monoisotopic (exact) mass is 779 g/mol. The molecule has 4 amide bonds. The van der Waals surface area contributed by atoms with Crippen molar-refractivity contribution in [3.05, 3.63) is 102 Å². The molecule has 3 aromatic carbocycles. The van der Waals surface area contributed by atoms with Crippen LogP contribution in [0.3, 0.4) is 0 Å². The van der Waals surface area contributed by atoms with Gasteiger partial charge in [0, 0.05) is 37.8 Å². The Bertz CT molecular complexity index is 1750. The van der Waals surface area contributed by atoms with Gasteiger partial charge in [-0.05, 0) is 80.7 Å². The number of likely N-dealkylation sites (tertiary alicyclic amines) is 1. The number of carbonyl (C=O) groups is 5. The first-order valence-corrected chi connectivity index (χ1v) is 20.6. The van der Waals surface area contributed by atoms with Crippen LogP contribution in [0.2, 0.25) is 0 Å². The van der Waals surface area contributed by atoms with Crippen molar-refractivity contribution in [1.29, 1.82) is 0 Å². The number of hydrogen-bond acceptors (Lipinski definition) is 8. The highest BCUT2D eigenvalue weighted by atomic mass is 16.2. The Morgan fingerprint density at radius 1 is 0.789 bits per heavy atom. The molecule has 0 aliphatic carbocycles. The number of anilines is 1. The molecular weight excluding hydrogens is 719 g/mol. The van der Waals surface area contributed by atoms with Crippen LogP contribution in [-0.2, 0) is 32.0 Å². The molecule has 0 aromatic heterocycles. The molecule has 0 unspecified atom stereocenters.